The van der Waals surface area contributed by atoms with Crippen LogP contribution in [0.1, 0.15) is 17.4 Å². The van der Waals surface area contributed by atoms with Crippen LogP contribution in [0.2, 0.25) is 0 Å². The van der Waals surface area contributed by atoms with Gasteiger partial charge in [-0.3, -0.25) is 0 Å². The number of thiophene rings is 1. The summed E-state index contributed by atoms with van der Waals surface area (Å²) < 4.78 is 48.4. The lowest BCUT2D eigenvalue weighted by Crippen LogP contribution is -2.00. The number of allylic oxidation sites excluding steroid dienone is 1. The van der Waals surface area contributed by atoms with Gasteiger partial charge in [-0.25, -0.2) is 0 Å². The molecule has 0 aromatic carbocycles. The molecule has 0 saturated carbocycles. The van der Waals surface area contributed by atoms with E-state index in [1.54, 1.807) is 13.0 Å². The standard InChI is InChI=1S/C15H10ClF3N2O2S/c1-9(16)4-5-22-12-6-10(8-20)7-13(21-12)23-14-3-2-11(24-14)15(17,18)19/h2-4,6-7H,5H2,1H3/b9-4-. The van der Waals surface area contributed by atoms with E-state index in [1.807, 2.05) is 6.07 Å². The zero-order chi connectivity index (χ0) is 17.7. The van der Waals surface area contributed by atoms with E-state index in [-0.39, 0.29) is 29.0 Å². The zero-order valence-corrected chi connectivity index (χ0v) is 13.8. The maximum absolute atomic E-state index is 12.6. The summed E-state index contributed by atoms with van der Waals surface area (Å²) in [5.41, 5.74) is 0.203. The van der Waals surface area contributed by atoms with E-state index in [0.717, 1.165) is 6.07 Å². The average Bonchev–Trinajstić information content (AvgIpc) is 2.95. The van der Waals surface area contributed by atoms with E-state index in [0.29, 0.717) is 16.4 Å². The lowest BCUT2D eigenvalue weighted by Gasteiger charge is -2.07. The van der Waals surface area contributed by atoms with Gasteiger partial charge in [0.1, 0.15) is 11.5 Å². The van der Waals surface area contributed by atoms with E-state index < -0.39 is 11.1 Å². The minimum Gasteiger partial charge on any atom is -0.473 e. The molecule has 2 aromatic rings. The SMILES string of the molecule is C/C(Cl)=C/COc1cc(C#N)cc(Oc2ccc(C(F)(F)F)s2)n1. The molecule has 0 radical (unpaired) electrons. The molecule has 126 valence electrons. The minimum absolute atomic E-state index is 0.00682. The van der Waals surface area contributed by atoms with Crippen molar-refractivity contribution in [2.24, 2.45) is 0 Å². The van der Waals surface area contributed by atoms with E-state index >= 15 is 0 Å². The van der Waals surface area contributed by atoms with Gasteiger partial charge in [0.2, 0.25) is 11.8 Å². The molecule has 24 heavy (non-hydrogen) atoms. The largest absolute Gasteiger partial charge is 0.473 e. The molecule has 0 atom stereocenters. The van der Waals surface area contributed by atoms with Crippen molar-refractivity contribution in [3.63, 3.8) is 0 Å². The van der Waals surface area contributed by atoms with Crippen LogP contribution in [0, 0.1) is 11.3 Å². The van der Waals surface area contributed by atoms with Gasteiger partial charge in [0.25, 0.3) is 0 Å². The van der Waals surface area contributed by atoms with Gasteiger partial charge in [-0.15, -0.1) is 0 Å². The molecule has 4 nitrogen and oxygen atoms in total. The fraction of sp³-hybridized carbons (Fsp3) is 0.200. The number of rotatable bonds is 5. The maximum atomic E-state index is 12.6. The molecule has 0 unspecified atom stereocenters. The summed E-state index contributed by atoms with van der Waals surface area (Å²) in [5, 5.41) is 9.54. The number of pyridine rings is 1. The van der Waals surface area contributed by atoms with Crippen LogP contribution in [-0.2, 0) is 6.18 Å². The molecule has 0 fully saturated rings. The predicted octanol–water partition coefficient (Wildman–Crippen LogP) is 5.35. The summed E-state index contributed by atoms with van der Waals surface area (Å²) in [6.45, 7) is 1.81. The Morgan fingerprint density at radius 3 is 2.67 bits per heavy atom. The van der Waals surface area contributed by atoms with Crippen molar-refractivity contribution in [3.8, 4) is 22.9 Å². The number of halogens is 4. The Labute approximate surface area is 144 Å². The molecule has 0 saturated heterocycles. The third-order valence-electron chi connectivity index (χ3n) is 2.57. The summed E-state index contributed by atoms with van der Waals surface area (Å²) in [6, 6.07) is 6.71. The topological polar surface area (TPSA) is 55.1 Å². The second-order valence-electron chi connectivity index (χ2n) is 4.46. The van der Waals surface area contributed by atoms with Gasteiger partial charge in [0.15, 0.2) is 5.06 Å². The second-order valence-corrected chi connectivity index (χ2v) is 6.11. The van der Waals surface area contributed by atoms with Crippen molar-refractivity contribution in [1.29, 1.82) is 5.26 Å². The molecule has 0 aliphatic rings. The highest BCUT2D eigenvalue weighted by atomic mass is 35.5. The number of aromatic nitrogens is 1. The van der Waals surface area contributed by atoms with Crippen molar-refractivity contribution in [2.45, 2.75) is 13.1 Å². The third kappa shape index (κ3) is 5.15. The third-order valence-corrected chi connectivity index (χ3v) is 3.73. The van der Waals surface area contributed by atoms with Crippen molar-refractivity contribution >= 4 is 22.9 Å². The highest BCUT2D eigenvalue weighted by Gasteiger charge is 2.32. The number of hydrogen-bond acceptors (Lipinski definition) is 5. The zero-order valence-electron chi connectivity index (χ0n) is 12.2. The molecule has 0 spiro atoms. The average molecular weight is 375 g/mol. The number of alkyl halides is 3. The van der Waals surface area contributed by atoms with E-state index in [1.165, 1.54) is 18.2 Å². The molecular formula is C15H10ClF3N2O2S. The smallest absolute Gasteiger partial charge is 0.425 e. The van der Waals surface area contributed by atoms with E-state index in [9.17, 15) is 13.2 Å². The van der Waals surface area contributed by atoms with Crippen LogP contribution in [0.3, 0.4) is 0 Å². The molecule has 0 aliphatic carbocycles. The Morgan fingerprint density at radius 1 is 1.38 bits per heavy atom. The van der Waals surface area contributed by atoms with Gasteiger partial charge in [-0.2, -0.15) is 23.4 Å². The van der Waals surface area contributed by atoms with Crippen LogP contribution in [0.15, 0.2) is 35.4 Å². The Balaban J connectivity index is 2.19. The second kappa shape index (κ2) is 7.55. The van der Waals surface area contributed by atoms with Gasteiger partial charge in [-0.1, -0.05) is 22.9 Å². The summed E-state index contributed by atoms with van der Waals surface area (Å²) >= 11 is 6.11. The van der Waals surface area contributed by atoms with Crippen molar-refractivity contribution < 1.29 is 22.6 Å². The quantitative estimate of drug-likeness (QED) is 0.708. The van der Waals surface area contributed by atoms with Gasteiger partial charge >= 0.3 is 6.18 Å². The van der Waals surface area contributed by atoms with Crippen LogP contribution in [0.5, 0.6) is 16.8 Å². The van der Waals surface area contributed by atoms with Crippen molar-refractivity contribution in [2.75, 3.05) is 6.61 Å². The predicted molar refractivity (Wildman–Crippen MR) is 83.5 cm³/mol. The first-order valence-corrected chi connectivity index (χ1v) is 7.69. The first-order chi connectivity index (χ1) is 11.3. The van der Waals surface area contributed by atoms with E-state index in [2.05, 4.69) is 4.98 Å². The highest BCUT2D eigenvalue weighted by Crippen LogP contribution is 2.39. The first-order valence-electron chi connectivity index (χ1n) is 6.50. The van der Waals surface area contributed by atoms with Crippen molar-refractivity contribution in [1.82, 2.24) is 4.98 Å². The fourth-order valence-corrected chi connectivity index (χ4v) is 2.34. The molecule has 2 rings (SSSR count). The molecule has 0 bridgehead atoms. The summed E-state index contributed by atoms with van der Waals surface area (Å²) in [5.74, 6) is 0.0667. The Hall–Kier alpha value is -2.24. The Morgan fingerprint density at radius 2 is 2.08 bits per heavy atom. The first kappa shape index (κ1) is 18.1. The molecule has 9 heteroatoms. The van der Waals surface area contributed by atoms with Gasteiger partial charge in [0, 0.05) is 17.2 Å². The molecule has 0 aliphatic heterocycles. The van der Waals surface area contributed by atoms with Crippen LogP contribution in [0.4, 0.5) is 13.2 Å². The summed E-state index contributed by atoms with van der Waals surface area (Å²) in [7, 11) is 0. The molecule has 2 aromatic heterocycles. The summed E-state index contributed by atoms with van der Waals surface area (Å²) in [4.78, 5) is 3.22. The normalized spacial score (nSPS) is 11.9. The number of nitriles is 1. The van der Waals surface area contributed by atoms with Gasteiger partial charge in [-0.05, 0) is 25.1 Å². The lowest BCUT2D eigenvalue weighted by atomic mass is 10.3. The fourth-order valence-electron chi connectivity index (χ4n) is 1.54. The highest BCUT2D eigenvalue weighted by molar-refractivity contribution is 7.13. The monoisotopic (exact) mass is 374 g/mol. The summed E-state index contributed by atoms with van der Waals surface area (Å²) in [6.07, 6.45) is -2.84. The number of ether oxygens (including phenoxy) is 2. The van der Waals surface area contributed by atoms with Gasteiger partial charge in [0.05, 0.1) is 11.6 Å². The van der Waals surface area contributed by atoms with Gasteiger partial charge < -0.3 is 9.47 Å². The maximum Gasteiger partial charge on any atom is 0.425 e. The molecular weight excluding hydrogens is 365 g/mol. The van der Waals surface area contributed by atoms with Crippen LogP contribution in [0.25, 0.3) is 0 Å². The van der Waals surface area contributed by atoms with E-state index in [4.69, 9.17) is 26.3 Å². The number of hydrogen-bond donors (Lipinski definition) is 0. The molecule has 0 amide bonds. The Kier molecular flexibility index (Phi) is 5.70. The minimum atomic E-state index is -4.44. The number of nitrogens with zero attached hydrogens (tertiary/aromatic N) is 2. The van der Waals surface area contributed by atoms with Crippen LogP contribution < -0.4 is 9.47 Å². The van der Waals surface area contributed by atoms with Crippen molar-refractivity contribution in [3.05, 3.63) is 45.8 Å². The Bertz CT molecular complexity index is 793. The lowest BCUT2D eigenvalue weighted by molar-refractivity contribution is -0.134. The van der Waals surface area contributed by atoms with Crippen LogP contribution in [-0.4, -0.2) is 11.6 Å². The molecule has 2 heterocycles. The molecule has 0 N–H and O–H groups in total. The van der Waals surface area contributed by atoms with Crippen LogP contribution >= 0.6 is 22.9 Å².